The van der Waals surface area contributed by atoms with Crippen molar-refractivity contribution in [3.05, 3.63) is 108 Å². The fraction of sp³-hybridized carbons (Fsp3) is 0.316. The van der Waals surface area contributed by atoms with E-state index in [9.17, 15) is 18.4 Å². The van der Waals surface area contributed by atoms with Crippen molar-refractivity contribution in [3.63, 3.8) is 0 Å². The number of rotatable bonds is 10. The van der Waals surface area contributed by atoms with E-state index < -0.39 is 11.9 Å². The molecule has 2 aliphatic rings. The minimum absolute atomic E-state index is 0.0505. The van der Waals surface area contributed by atoms with E-state index in [1.165, 1.54) is 22.3 Å². The number of piperidine rings is 2. The number of benzene rings is 4. The summed E-state index contributed by atoms with van der Waals surface area (Å²) in [6.45, 7) is 1.55. The molecule has 0 aromatic heterocycles. The number of halogens is 2. The number of hydrogen-bond acceptors (Lipinski definition) is 10. The standard InChI is InChI=1S/C38H38F2N2O6S2/c1-45-29-5-3-7-31(23-29)49-35-11-9-27(39)21-33(35)25-13-17-41(18-14-25)47-37(43)38(44)48-42-19-15-26(16-20-42)34-22-28(40)10-12-36(34)50-32-8-4-6-30(24-32)46-2/h3-12,21-26H,13-20H2,1-2H3. The van der Waals surface area contributed by atoms with Gasteiger partial charge in [0.25, 0.3) is 0 Å². The number of nitrogens with zero attached hydrogens (tertiary/aromatic N) is 2. The lowest BCUT2D eigenvalue weighted by Crippen LogP contribution is -2.41. The van der Waals surface area contributed by atoms with Crippen LogP contribution in [0.2, 0.25) is 0 Å². The van der Waals surface area contributed by atoms with E-state index >= 15 is 0 Å². The van der Waals surface area contributed by atoms with Crippen LogP contribution in [0.3, 0.4) is 0 Å². The van der Waals surface area contributed by atoms with Gasteiger partial charge in [-0.1, -0.05) is 35.7 Å². The predicted octanol–water partition coefficient (Wildman–Crippen LogP) is 8.26. The van der Waals surface area contributed by atoms with Gasteiger partial charge in [0.15, 0.2) is 0 Å². The van der Waals surface area contributed by atoms with Crippen molar-refractivity contribution >= 4 is 35.5 Å². The first-order chi connectivity index (χ1) is 24.3. The molecule has 2 heterocycles. The van der Waals surface area contributed by atoms with Crippen molar-refractivity contribution in [2.45, 2.75) is 57.1 Å². The van der Waals surface area contributed by atoms with Crippen LogP contribution in [0, 0.1) is 11.6 Å². The summed E-state index contributed by atoms with van der Waals surface area (Å²) in [6, 6.07) is 25.1. The number of hydroxylamine groups is 4. The zero-order chi connectivity index (χ0) is 35.0. The highest BCUT2D eigenvalue weighted by atomic mass is 32.2. The second-order valence-corrected chi connectivity index (χ2v) is 14.3. The molecule has 6 rings (SSSR count). The lowest BCUT2D eigenvalue weighted by atomic mass is 9.90. The molecule has 0 unspecified atom stereocenters. The van der Waals surface area contributed by atoms with E-state index in [-0.39, 0.29) is 23.5 Å². The molecule has 0 amide bonds. The van der Waals surface area contributed by atoms with Gasteiger partial charge in [-0.15, -0.1) is 10.1 Å². The minimum atomic E-state index is -1.09. The third-order valence-electron chi connectivity index (χ3n) is 8.86. The summed E-state index contributed by atoms with van der Waals surface area (Å²) in [5.74, 6) is -1.20. The molecular formula is C38H38F2N2O6S2. The Hall–Kier alpha value is -4.10. The molecule has 2 fully saturated rings. The molecule has 0 aliphatic carbocycles. The quantitative estimate of drug-likeness (QED) is 0.150. The molecular weight excluding hydrogens is 683 g/mol. The van der Waals surface area contributed by atoms with Gasteiger partial charge in [0.05, 0.1) is 14.2 Å². The predicted molar refractivity (Wildman–Crippen MR) is 186 cm³/mol. The Kier molecular flexibility index (Phi) is 12.0. The summed E-state index contributed by atoms with van der Waals surface area (Å²) < 4.78 is 39.4. The summed E-state index contributed by atoms with van der Waals surface area (Å²) in [6.07, 6.45) is 2.46. The van der Waals surface area contributed by atoms with E-state index in [1.807, 2.05) is 48.5 Å². The molecule has 2 aliphatic heterocycles. The van der Waals surface area contributed by atoms with Crippen molar-refractivity contribution in [2.24, 2.45) is 0 Å². The molecule has 0 spiro atoms. The van der Waals surface area contributed by atoms with Gasteiger partial charge in [0.2, 0.25) is 0 Å². The van der Waals surface area contributed by atoms with Gasteiger partial charge in [0, 0.05) is 45.8 Å². The van der Waals surface area contributed by atoms with Crippen molar-refractivity contribution in [1.29, 1.82) is 0 Å². The van der Waals surface area contributed by atoms with E-state index in [2.05, 4.69) is 0 Å². The molecule has 0 saturated carbocycles. The van der Waals surface area contributed by atoms with Gasteiger partial charge in [-0.3, -0.25) is 0 Å². The van der Waals surface area contributed by atoms with Gasteiger partial charge in [-0.2, -0.15) is 0 Å². The van der Waals surface area contributed by atoms with Gasteiger partial charge in [-0.25, -0.2) is 18.4 Å². The monoisotopic (exact) mass is 720 g/mol. The fourth-order valence-electron chi connectivity index (χ4n) is 6.27. The number of ether oxygens (including phenoxy) is 2. The molecule has 50 heavy (non-hydrogen) atoms. The zero-order valence-corrected chi connectivity index (χ0v) is 29.4. The molecule has 8 nitrogen and oxygen atoms in total. The first kappa shape index (κ1) is 35.7. The van der Waals surface area contributed by atoms with Crippen LogP contribution in [0.5, 0.6) is 11.5 Å². The first-order valence-electron chi connectivity index (χ1n) is 16.4. The van der Waals surface area contributed by atoms with Crippen LogP contribution in [0.1, 0.15) is 48.6 Å². The number of carbonyl (C=O) groups excluding carboxylic acids is 2. The largest absolute Gasteiger partial charge is 0.497 e. The van der Waals surface area contributed by atoms with E-state index in [4.69, 9.17) is 19.1 Å². The molecule has 262 valence electrons. The van der Waals surface area contributed by atoms with Crippen LogP contribution in [-0.4, -0.2) is 62.5 Å². The molecule has 0 bridgehead atoms. The maximum atomic E-state index is 14.4. The number of hydrogen-bond donors (Lipinski definition) is 0. The first-order valence-corrected chi connectivity index (χ1v) is 18.1. The SMILES string of the molecule is COc1cccc(Sc2ccc(F)cc2C2CCN(OC(=O)C(=O)ON3CCC(c4cc(F)ccc4Sc4cccc(OC)c4)CC3)CC2)c1. The summed E-state index contributed by atoms with van der Waals surface area (Å²) >= 11 is 3.09. The van der Waals surface area contributed by atoms with Crippen LogP contribution >= 0.6 is 23.5 Å². The van der Waals surface area contributed by atoms with Crippen LogP contribution in [0.25, 0.3) is 0 Å². The third kappa shape index (κ3) is 9.16. The third-order valence-corrected chi connectivity index (χ3v) is 11.0. The Labute approximate surface area is 298 Å². The smallest absolute Gasteiger partial charge is 0.438 e. The highest BCUT2D eigenvalue weighted by Gasteiger charge is 2.31. The van der Waals surface area contributed by atoms with Crippen molar-refractivity contribution in [2.75, 3.05) is 40.4 Å². The Morgan fingerprint density at radius 3 is 1.38 bits per heavy atom. The molecule has 0 radical (unpaired) electrons. The topological polar surface area (TPSA) is 77.5 Å². The highest BCUT2D eigenvalue weighted by molar-refractivity contribution is 7.99. The van der Waals surface area contributed by atoms with Crippen LogP contribution in [-0.2, 0) is 19.3 Å². The Morgan fingerprint density at radius 1 is 0.600 bits per heavy atom. The zero-order valence-electron chi connectivity index (χ0n) is 27.8. The Balaban J connectivity index is 0.985. The summed E-state index contributed by atoms with van der Waals surface area (Å²) in [4.78, 5) is 40.0. The second-order valence-electron chi connectivity index (χ2n) is 12.1. The molecule has 4 aromatic carbocycles. The normalized spacial score (nSPS) is 16.2. The lowest BCUT2D eigenvalue weighted by molar-refractivity contribution is -0.222. The lowest BCUT2D eigenvalue weighted by Gasteiger charge is -2.32. The number of carbonyl (C=O) groups is 2. The summed E-state index contributed by atoms with van der Waals surface area (Å²) in [7, 11) is 3.23. The van der Waals surface area contributed by atoms with Crippen molar-refractivity contribution in [1.82, 2.24) is 10.1 Å². The van der Waals surface area contributed by atoms with Crippen LogP contribution in [0.4, 0.5) is 8.78 Å². The van der Waals surface area contributed by atoms with Crippen LogP contribution < -0.4 is 9.47 Å². The highest BCUT2D eigenvalue weighted by Crippen LogP contribution is 2.41. The van der Waals surface area contributed by atoms with Gasteiger partial charge < -0.3 is 19.1 Å². The maximum Gasteiger partial charge on any atom is 0.438 e. The Morgan fingerprint density at radius 2 is 1.00 bits per heavy atom. The van der Waals surface area contributed by atoms with E-state index in [0.717, 1.165) is 42.2 Å². The molecule has 0 N–H and O–H groups in total. The van der Waals surface area contributed by atoms with Gasteiger partial charge >= 0.3 is 11.9 Å². The summed E-state index contributed by atoms with van der Waals surface area (Å²) in [5.41, 5.74) is 1.80. The maximum absolute atomic E-state index is 14.4. The second kappa shape index (κ2) is 16.7. The Bertz CT molecular complexity index is 1680. The molecule has 0 atom stereocenters. The average Bonchev–Trinajstić information content (AvgIpc) is 3.14. The average molecular weight is 721 g/mol. The van der Waals surface area contributed by atoms with Crippen LogP contribution in [0.15, 0.2) is 105 Å². The fourth-order valence-corrected chi connectivity index (χ4v) is 8.38. The van der Waals surface area contributed by atoms with Gasteiger partial charge in [-0.05, 0) is 121 Å². The van der Waals surface area contributed by atoms with E-state index in [1.54, 1.807) is 62.0 Å². The number of methoxy groups -OCH3 is 2. The minimum Gasteiger partial charge on any atom is -0.497 e. The molecule has 2 saturated heterocycles. The molecule has 12 heteroatoms. The molecule has 4 aromatic rings. The van der Waals surface area contributed by atoms with E-state index in [0.29, 0.717) is 51.9 Å². The van der Waals surface area contributed by atoms with Crippen molar-refractivity contribution < 1.29 is 37.5 Å². The summed E-state index contributed by atoms with van der Waals surface area (Å²) in [5, 5.41) is 2.93. The van der Waals surface area contributed by atoms with Gasteiger partial charge in [0.1, 0.15) is 23.1 Å². The van der Waals surface area contributed by atoms with Crippen molar-refractivity contribution in [3.8, 4) is 11.5 Å².